The number of ether oxygens (including phenoxy) is 1. The molecule has 0 aliphatic rings. The lowest BCUT2D eigenvalue weighted by Gasteiger charge is -2.11. The van der Waals surface area contributed by atoms with E-state index in [-0.39, 0.29) is 6.03 Å². The fraction of sp³-hybridized carbons (Fsp3) is 0.235. The number of para-hydroxylation sites is 1. The first kappa shape index (κ1) is 16.4. The van der Waals surface area contributed by atoms with Gasteiger partial charge in [0.2, 0.25) is 0 Å². The Kier molecular flexibility index (Phi) is 5.83. The van der Waals surface area contributed by atoms with E-state index < -0.39 is 0 Å². The molecule has 0 aliphatic heterocycles. The minimum Gasteiger partial charge on any atom is -0.496 e. The number of aryl methyl sites for hydroxylation is 1. The summed E-state index contributed by atoms with van der Waals surface area (Å²) in [6.45, 7) is 2.54. The predicted octanol–water partition coefficient (Wildman–Crippen LogP) is 4.13. The predicted molar refractivity (Wildman–Crippen MR) is 92.6 cm³/mol. The zero-order valence-corrected chi connectivity index (χ0v) is 14.2. The smallest absolute Gasteiger partial charge is 0.319 e. The zero-order valence-electron chi connectivity index (χ0n) is 12.7. The molecule has 2 N–H and O–H groups in total. The second kappa shape index (κ2) is 7.84. The van der Waals surface area contributed by atoms with Crippen LogP contribution in [0.4, 0.5) is 10.5 Å². The molecule has 0 radical (unpaired) electrons. The van der Waals surface area contributed by atoms with Crippen LogP contribution in [0.25, 0.3) is 0 Å². The number of urea groups is 1. The van der Waals surface area contributed by atoms with E-state index in [0.29, 0.717) is 13.0 Å². The van der Waals surface area contributed by atoms with Crippen LogP contribution in [0.5, 0.6) is 5.75 Å². The van der Waals surface area contributed by atoms with Crippen LogP contribution >= 0.6 is 15.9 Å². The number of hydrogen-bond donors (Lipinski definition) is 2. The zero-order chi connectivity index (χ0) is 15.9. The lowest BCUT2D eigenvalue weighted by Crippen LogP contribution is -2.30. The molecule has 116 valence electrons. The molecule has 0 aromatic heterocycles. The molecule has 0 saturated heterocycles. The van der Waals surface area contributed by atoms with Crippen LogP contribution in [0.2, 0.25) is 0 Å². The van der Waals surface area contributed by atoms with Gasteiger partial charge in [-0.2, -0.15) is 0 Å². The number of carbonyl (C=O) groups is 1. The summed E-state index contributed by atoms with van der Waals surface area (Å²) < 4.78 is 6.16. The lowest BCUT2D eigenvalue weighted by atomic mass is 10.1. The Morgan fingerprint density at radius 2 is 2.00 bits per heavy atom. The monoisotopic (exact) mass is 362 g/mol. The Hall–Kier alpha value is -2.01. The van der Waals surface area contributed by atoms with Crippen molar-refractivity contribution in [1.29, 1.82) is 0 Å². The maximum absolute atomic E-state index is 11.9. The SMILES string of the molecule is COc1ccccc1CCNC(=O)Nc1ccc(C)cc1Br. The molecule has 2 amide bonds. The van der Waals surface area contributed by atoms with Crippen molar-refractivity contribution in [3.05, 3.63) is 58.1 Å². The third-order valence-corrected chi connectivity index (χ3v) is 3.90. The molecule has 0 saturated carbocycles. The topological polar surface area (TPSA) is 50.4 Å². The van der Waals surface area contributed by atoms with Gasteiger partial charge in [-0.3, -0.25) is 0 Å². The van der Waals surface area contributed by atoms with Crippen molar-refractivity contribution in [2.45, 2.75) is 13.3 Å². The fourth-order valence-electron chi connectivity index (χ4n) is 2.11. The molecule has 4 nitrogen and oxygen atoms in total. The van der Waals surface area contributed by atoms with E-state index in [1.807, 2.05) is 49.4 Å². The Bertz CT molecular complexity index is 659. The minimum absolute atomic E-state index is 0.223. The van der Waals surface area contributed by atoms with Crippen molar-refractivity contribution < 1.29 is 9.53 Å². The summed E-state index contributed by atoms with van der Waals surface area (Å²) >= 11 is 3.44. The minimum atomic E-state index is -0.223. The fourth-order valence-corrected chi connectivity index (χ4v) is 2.70. The number of rotatable bonds is 5. The van der Waals surface area contributed by atoms with Crippen LogP contribution in [0.3, 0.4) is 0 Å². The van der Waals surface area contributed by atoms with E-state index >= 15 is 0 Å². The maximum atomic E-state index is 11.9. The third-order valence-electron chi connectivity index (χ3n) is 3.25. The average Bonchev–Trinajstić information content (AvgIpc) is 2.50. The maximum Gasteiger partial charge on any atom is 0.319 e. The second-order valence-corrected chi connectivity index (χ2v) is 5.78. The summed E-state index contributed by atoms with van der Waals surface area (Å²) in [5, 5.41) is 5.67. The van der Waals surface area contributed by atoms with Gasteiger partial charge in [0.05, 0.1) is 12.8 Å². The van der Waals surface area contributed by atoms with Crippen LogP contribution in [-0.4, -0.2) is 19.7 Å². The van der Waals surface area contributed by atoms with Crippen molar-refractivity contribution in [1.82, 2.24) is 5.32 Å². The molecule has 0 unspecified atom stereocenters. The van der Waals surface area contributed by atoms with E-state index in [2.05, 4.69) is 26.6 Å². The molecule has 0 atom stereocenters. The Balaban J connectivity index is 1.85. The second-order valence-electron chi connectivity index (χ2n) is 4.93. The molecule has 0 fully saturated rings. The Morgan fingerprint density at radius 3 is 2.73 bits per heavy atom. The molecule has 5 heteroatoms. The number of anilines is 1. The van der Waals surface area contributed by atoms with Gasteiger partial charge >= 0.3 is 6.03 Å². The van der Waals surface area contributed by atoms with E-state index in [1.165, 1.54) is 0 Å². The number of halogens is 1. The quantitative estimate of drug-likeness (QED) is 0.839. The summed E-state index contributed by atoms with van der Waals surface area (Å²) in [5.41, 5.74) is 2.95. The molecule has 2 rings (SSSR count). The van der Waals surface area contributed by atoms with Crippen molar-refractivity contribution >= 4 is 27.6 Å². The molecule has 0 spiro atoms. The molecule has 0 bridgehead atoms. The third kappa shape index (κ3) is 4.49. The Morgan fingerprint density at radius 1 is 1.23 bits per heavy atom. The number of benzene rings is 2. The summed E-state index contributed by atoms with van der Waals surface area (Å²) in [6, 6.07) is 13.4. The number of amides is 2. The molecule has 22 heavy (non-hydrogen) atoms. The highest BCUT2D eigenvalue weighted by atomic mass is 79.9. The van der Waals surface area contributed by atoms with Crippen LogP contribution in [-0.2, 0) is 6.42 Å². The van der Waals surface area contributed by atoms with Crippen LogP contribution < -0.4 is 15.4 Å². The normalized spacial score (nSPS) is 10.1. The van der Waals surface area contributed by atoms with Gasteiger partial charge in [0.1, 0.15) is 5.75 Å². The highest BCUT2D eigenvalue weighted by molar-refractivity contribution is 9.10. The van der Waals surface area contributed by atoms with Crippen molar-refractivity contribution in [3.8, 4) is 5.75 Å². The van der Waals surface area contributed by atoms with Crippen LogP contribution in [0.1, 0.15) is 11.1 Å². The number of hydrogen-bond acceptors (Lipinski definition) is 2. The first-order valence-electron chi connectivity index (χ1n) is 7.03. The van der Waals surface area contributed by atoms with Gasteiger partial charge in [0.15, 0.2) is 0 Å². The highest BCUT2D eigenvalue weighted by Gasteiger charge is 2.06. The van der Waals surface area contributed by atoms with Crippen molar-refractivity contribution in [2.24, 2.45) is 0 Å². The first-order chi connectivity index (χ1) is 10.6. The molecule has 2 aromatic carbocycles. The van der Waals surface area contributed by atoms with E-state index in [9.17, 15) is 4.79 Å². The molecule has 2 aromatic rings. The van der Waals surface area contributed by atoms with E-state index in [4.69, 9.17) is 4.74 Å². The summed E-state index contributed by atoms with van der Waals surface area (Å²) in [5.74, 6) is 0.839. The highest BCUT2D eigenvalue weighted by Crippen LogP contribution is 2.23. The number of nitrogens with one attached hydrogen (secondary N) is 2. The summed E-state index contributed by atoms with van der Waals surface area (Å²) in [7, 11) is 1.65. The van der Waals surface area contributed by atoms with E-state index in [1.54, 1.807) is 7.11 Å². The standard InChI is InChI=1S/C17H19BrN2O2/c1-12-7-8-15(14(18)11-12)20-17(21)19-10-9-13-5-3-4-6-16(13)22-2/h3-8,11H,9-10H2,1-2H3,(H2,19,20,21). The molecular weight excluding hydrogens is 344 g/mol. The molecule has 0 aliphatic carbocycles. The molecular formula is C17H19BrN2O2. The van der Waals surface area contributed by atoms with Gasteiger partial charge < -0.3 is 15.4 Å². The van der Waals surface area contributed by atoms with Gasteiger partial charge in [-0.15, -0.1) is 0 Å². The lowest BCUT2D eigenvalue weighted by molar-refractivity contribution is 0.252. The Labute approximate surface area is 139 Å². The number of methoxy groups -OCH3 is 1. The van der Waals surface area contributed by atoms with Gasteiger partial charge in [0, 0.05) is 11.0 Å². The summed E-state index contributed by atoms with van der Waals surface area (Å²) in [4.78, 5) is 11.9. The largest absolute Gasteiger partial charge is 0.496 e. The van der Waals surface area contributed by atoms with E-state index in [0.717, 1.165) is 27.0 Å². The van der Waals surface area contributed by atoms with Crippen molar-refractivity contribution in [2.75, 3.05) is 19.0 Å². The molecule has 0 heterocycles. The van der Waals surface area contributed by atoms with Crippen LogP contribution in [0.15, 0.2) is 46.9 Å². The average molecular weight is 363 g/mol. The number of carbonyl (C=O) groups excluding carboxylic acids is 1. The van der Waals surface area contributed by atoms with Gasteiger partial charge in [-0.25, -0.2) is 4.79 Å². The summed E-state index contributed by atoms with van der Waals surface area (Å²) in [6.07, 6.45) is 0.715. The first-order valence-corrected chi connectivity index (χ1v) is 7.82. The van der Waals surface area contributed by atoms with Crippen LogP contribution in [0, 0.1) is 6.92 Å². The van der Waals surface area contributed by atoms with Gasteiger partial charge in [-0.1, -0.05) is 24.3 Å². The van der Waals surface area contributed by atoms with Crippen molar-refractivity contribution in [3.63, 3.8) is 0 Å². The van der Waals surface area contributed by atoms with Gasteiger partial charge in [-0.05, 0) is 58.6 Å². The van der Waals surface area contributed by atoms with Gasteiger partial charge in [0.25, 0.3) is 0 Å².